The molecule has 0 unspecified atom stereocenters. The van der Waals surface area contributed by atoms with E-state index in [1.807, 2.05) is 41.2 Å². The number of benzene rings is 1. The fourth-order valence-corrected chi connectivity index (χ4v) is 3.29. The van der Waals surface area contributed by atoms with Crippen LogP contribution in [0.25, 0.3) is 0 Å². The van der Waals surface area contributed by atoms with Crippen LogP contribution in [0.15, 0.2) is 36.7 Å². The van der Waals surface area contributed by atoms with Crippen LogP contribution >= 0.6 is 0 Å². The van der Waals surface area contributed by atoms with Gasteiger partial charge in [-0.05, 0) is 31.7 Å². The second-order valence-electron chi connectivity index (χ2n) is 6.21. The molecule has 0 spiro atoms. The zero-order chi connectivity index (χ0) is 15.5. The first-order valence-corrected chi connectivity index (χ1v) is 7.97. The summed E-state index contributed by atoms with van der Waals surface area (Å²) in [5.74, 6) is 0.221. The summed E-state index contributed by atoms with van der Waals surface area (Å²) < 4.78 is 1.81. The molecule has 1 fully saturated rings. The molecule has 4 heteroatoms. The molecule has 1 aromatic heterocycles. The first-order chi connectivity index (χ1) is 10.6. The van der Waals surface area contributed by atoms with E-state index in [4.69, 9.17) is 0 Å². The van der Waals surface area contributed by atoms with Gasteiger partial charge in [0.05, 0.1) is 18.7 Å². The number of amides is 1. The highest BCUT2D eigenvalue weighted by atomic mass is 16.2. The van der Waals surface area contributed by atoms with Crippen LogP contribution in [-0.2, 0) is 18.3 Å². The Labute approximate surface area is 131 Å². The van der Waals surface area contributed by atoms with Gasteiger partial charge in [-0.2, -0.15) is 5.10 Å². The fourth-order valence-electron chi connectivity index (χ4n) is 3.29. The lowest BCUT2D eigenvalue weighted by Crippen LogP contribution is -2.39. The molecule has 0 N–H and O–H groups in total. The highest BCUT2D eigenvalue weighted by molar-refractivity contribution is 5.79. The van der Waals surface area contributed by atoms with Crippen LogP contribution in [0.2, 0.25) is 0 Å². The van der Waals surface area contributed by atoms with Gasteiger partial charge < -0.3 is 4.90 Å². The summed E-state index contributed by atoms with van der Waals surface area (Å²) in [6, 6.07) is 8.40. The molecule has 116 valence electrons. The van der Waals surface area contributed by atoms with Crippen LogP contribution in [-0.4, -0.2) is 27.1 Å². The molecule has 3 rings (SSSR count). The molecule has 2 aromatic rings. The Morgan fingerprint density at radius 2 is 2.23 bits per heavy atom. The number of piperidine rings is 1. The molecule has 0 aliphatic carbocycles. The molecule has 1 aliphatic heterocycles. The minimum atomic E-state index is 0.180. The summed E-state index contributed by atoms with van der Waals surface area (Å²) in [7, 11) is 1.92. The molecule has 22 heavy (non-hydrogen) atoms. The lowest BCUT2D eigenvalue weighted by molar-refractivity contribution is -0.134. The SMILES string of the molecule is Cc1cccc(CC(=O)N2CCCC[C@H]2c2cnn(C)c2)c1. The topological polar surface area (TPSA) is 38.1 Å². The maximum Gasteiger partial charge on any atom is 0.227 e. The number of hydrogen-bond acceptors (Lipinski definition) is 2. The van der Waals surface area contributed by atoms with E-state index in [1.165, 1.54) is 12.0 Å². The number of nitrogens with zero attached hydrogens (tertiary/aromatic N) is 3. The number of likely N-dealkylation sites (tertiary alicyclic amines) is 1. The van der Waals surface area contributed by atoms with Crippen molar-refractivity contribution in [1.82, 2.24) is 14.7 Å². The minimum absolute atomic E-state index is 0.180. The summed E-state index contributed by atoms with van der Waals surface area (Å²) in [4.78, 5) is 14.8. The van der Waals surface area contributed by atoms with Gasteiger partial charge in [-0.15, -0.1) is 0 Å². The Balaban J connectivity index is 1.76. The molecule has 1 amide bonds. The first-order valence-electron chi connectivity index (χ1n) is 7.97. The van der Waals surface area contributed by atoms with Crippen molar-refractivity contribution in [1.29, 1.82) is 0 Å². The van der Waals surface area contributed by atoms with Gasteiger partial charge in [0.25, 0.3) is 0 Å². The monoisotopic (exact) mass is 297 g/mol. The van der Waals surface area contributed by atoms with Crippen molar-refractivity contribution in [3.63, 3.8) is 0 Å². The van der Waals surface area contributed by atoms with Crippen molar-refractivity contribution < 1.29 is 4.79 Å². The predicted molar refractivity (Wildman–Crippen MR) is 86.4 cm³/mol. The normalized spacial score (nSPS) is 18.5. The van der Waals surface area contributed by atoms with Gasteiger partial charge in [0.2, 0.25) is 5.91 Å². The molecular formula is C18H23N3O. The van der Waals surface area contributed by atoms with Gasteiger partial charge in [-0.1, -0.05) is 29.8 Å². The van der Waals surface area contributed by atoms with E-state index in [0.717, 1.165) is 30.5 Å². The fraction of sp³-hybridized carbons (Fsp3) is 0.444. The van der Waals surface area contributed by atoms with Crippen molar-refractivity contribution in [2.45, 2.75) is 38.6 Å². The summed E-state index contributed by atoms with van der Waals surface area (Å²) in [5.41, 5.74) is 3.45. The molecule has 0 bridgehead atoms. The van der Waals surface area contributed by atoms with Crippen molar-refractivity contribution in [3.05, 3.63) is 53.3 Å². The van der Waals surface area contributed by atoms with Gasteiger partial charge in [-0.3, -0.25) is 9.48 Å². The largest absolute Gasteiger partial charge is 0.335 e. The van der Waals surface area contributed by atoms with Crippen molar-refractivity contribution >= 4 is 5.91 Å². The number of carbonyl (C=O) groups is 1. The smallest absolute Gasteiger partial charge is 0.227 e. The van der Waals surface area contributed by atoms with Crippen LogP contribution in [0, 0.1) is 6.92 Å². The van der Waals surface area contributed by atoms with Gasteiger partial charge in [0, 0.05) is 25.4 Å². The molecule has 2 heterocycles. The van der Waals surface area contributed by atoms with Gasteiger partial charge in [-0.25, -0.2) is 0 Å². The number of aromatic nitrogens is 2. The van der Waals surface area contributed by atoms with E-state index >= 15 is 0 Å². The standard InChI is InChI=1S/C18H23N3O/c1-14-6-5-7-15(10-14)11-18(22)21-9-4-3-8-17(21)16-12-19-20(2)13-16/h5-7,10,12-13,17H,3-4,8-9,11H2,1-2H3/t17-/m0/s1. The van der Waals surface area contributed by atoms with E-state index < -0.39 is 0 Å². The third-order valence-corrected chi connectivity index (χ3v) is 4.37. The minimum Gasteiger partial charge on any atom is -0.335 e. The summed E-state index contributed by atoms with van der Waals surface area (Å²) in [6.07, 6.45) is 7.71. The Kier molecular flexibility index (Phi) is 4.27. The third kappa shape index (κ3) is 3.21. The average molecular weight is 297 g/mol. The Hall–Kier alpha value is -2.10. The van der Waals surface area contributed by atoms with Crippen molar-refractivity contribution in [2.75, 3.05) is 6.54 Å². The molecule has 1 saturated heterocycles. The number of aryl methyl sites for hydroxylation is 2. The maximum atomic E-state index is 12.8. The van der Waals surface area contributed by atoms with Gasteiger partial charge in [0.15, 0.2) is 0 Å². The number of rotatable bonds is 3. The molecule has 0 saturated carbocycles. The molecule has 1 aliphatic rings. The van der Waals surface area contributed by atoms with Crippen LogP contribution < -0.4 is 0 Å². The summed E-state index contributed by atoms with van der Waals surface area (Å²) in [6.45, 7) is 2.91. The number of carbonyl (C=O) groups excluding carboxylic acids is 1. The second-order valence-corrected chi connectivity index (χ2v) is 6.21. The van der Waals surface area contributed by atoms with Crippen LogP contribution in [0.5, 0.6) is 0 Å². The average Bonchev–Trinajstić information content (AvgIpc) is 2.94. The van der Waals surface area contributed by atoms with Crippen LogP contribution in [0.4, 0.5) is 0 Å². The third-order valence-electron chi connectivity index (χ3n) is 4.37. The van der Waals surface area contributed by atoms with Crippen molar-refractivity contribution in [2.24, 2.45) is 7.05 Å². The van der Waals surface area contributed by atoms with Gasteiger partial charge in [0.1, 0.15) is 0 Å². The zero-order valence-corrected chi connectivity index (χ0v) is 13.3. The lowest BCUT2D eigenvalue weighted by Gasteiger charge is -2.35. The molecule has 1 aromatic carbocycles. The van der Waals surface area contributed by atoms with Crippen LogP contribution in [0.3, 0.4) is 0 Å². The van der Waals surface area contributed by atoms with E-state index in [0.29, 0.717) is 6.42 Å². The van der Waals surface area contributed by atoms with Crippen LogP contribution in [0.1, 0.15) is 42.0 Å². The Morgan fingerprint density at radius 3 is 2.95 bits per heavy atom. The van der Waals surface area contributed by atoms with Crippen molar-refractivity contribution in [3.8, 4) is 0 Å². The molecule has 4 nitrogen and oxygen atoms in total. The van der Waals surface area contributed by atoms with Gasteiger partial charge >= 0.3 is 0 Å². The lowest BCUT2D eigenvalue weighted by atomic mass is 9.96. The molecule has 0 radical (unpaired) electrons. The predicted octanol–water partition coefficient (Wildman–Crippen LogP) is 3.02. The highest BCUT2D eigenvalue weighted by Gasteiger charge is 2.28. The summed E-state index contributed by atoms with van der Waals surface area (Å²) >= 11 is 0. The van der Waals surface area contributed by atoms with E-state index in [2.05, 4.69) is 24.2 Å². The van der Waals surface area contributed by atoms with E-state index in [-0.39, 0.29) is 11.9 Å². The Morgan fingerprint density at radius 1 is 1.36 bits per heavy atom. The maximum absolute atomic E-state index is 12.8. The van der Waals surface area contributed by atoms with E-state index in [1.54, 1.807) is 0 Å². The van der Waals surface area contributed by atoms with E-state index in [9.17, 15) is 4.79 Å². The molecular weight excluding hydrogens is 274 g/mol. The second kappa shape index (κ2) is 6.34. The quantitative estimate of drug-likeness (QED) is 0.873. The molecule has 1 atom stereocenters. The highest BCUT2D eigenvalue weighted by Crippen LogP contribution is 2.31. The summed E-state index contributed by atoms with van der Waals surface area (Å²) in [5, 5.41) is 4.26. The Bertz CT molecular complexity index is 662. The zero-order valence-electron chi connectivity index (χ0n) is 13.3. The number of hydrogen-bond donors (Lipinski definition) is 0. The first kappa shape index (κ1) is 14.8.